The van der Waals surface area contributed by atoms with Crippen LogP contribution in [0.25, 0.3) is 11.0 Å². The minimum absolute atomic E-state index is 0.0519. The molecule has 23 heavy (non-hydrogen) atoms. The van der Waals surface area contributed by atoms with E-state index in [1.54, 1.807) is 11.6 Å². The molecule has 0 amide bonds. The van der Waals surface area contributed by atoms with Crippen molar-refractivity contribution in [3.63, 3.8) is 0 Å². The topological polar surface area (TPSA) is 46.9 Å². The molecule has 3 aromatic rings. The maximum atomic E-state index is 12.6. The van der Waals surface area contributed by atoms with Crippen LogP contribution in [0.4, 0.5) is 0 Å². The fraction of sp³-hybridized carbons (Fsp3) is 0.263. The predicted molar refractivity (Wildman–Crippen MR) is 93.4 cm³/mol. The molecule has 0 fully saturated rings. The van der Waals surface area contributed by atoms with Gasteiger partial charge in [0.2, 0.25) is 0 Å². The first-order valence-corrected chi connectivity index (χ1v) is 7.84. The fourth-order valence-electron chi connectivity index (χ4n) is 2.88. The summed E-state index contributed by atoms with van der Waals surface area (Å²) in [6, 6.07) is 17.9. The van der Waals surface area contributed by atoms with E-state index >= 15 is 0 Å². The molecule has 2 atom stereocenters. The normalized spacial score (nSPS) is 13.9. The van der Waals surface area contributed by atoms with Crippen LogP contribution in [0.1, 0.15) is 37.2 Å². The summed E-state index contributed by atoms with van der Waals surface area (Å²) in [6.07, 6.45) is 0. The number of benzene rings is 2. The molecule has 0 unspecified atom stereocenters. The van der Waals surface area contributed by atoms with Gasteiger partial charge in [0, 0.05) is 13.1 Å². The zero-order chi connectivity index (χ0) is 16.4. The third-order valence-corrected chi connectivity index (χ3v) is 4.22. The van der Waals surface area contributed by atoms with Gasteiger partial charge in [0.05, 0.1) is 17.1 Å². The van der Waals surface area contributed by atoms with Crippen LogP contribution >= 0.6 is 0 Å². The average Bonchev–Trinajstić information content (AvgIpc) is 2.58. The Morgan fingerprint density at radius 1 is 0.957 bits per heavy atom. The lowest BCUT2D eigenvalue weighted by molar-refractivity contribution is 0.481. The van der Waals surface area contributed by atoms with Crippen molar-refractivity contribution >= 4 is 11.0 Å². The Hall–Kier alpha value is -2.46. The van der Waals surface area contributed by atoms with E-state index in [9.17, 15) is 4.79 Å². The van der Waals surface area contributed by atoms with Gasteiger partial charge in [0.25, 0.3) is 5.56 Å². The Bertz CT molecular complexity index is 871. The molecule has 1 heterocycles. The van der Waals surface area contributed by atoms with Crippen LogP contribution in [0.15, 0.2) is 59.4 Å². The molecule has 0 saturated heterocycles. The number of nitrogens with one attached hydrogen (secondary N) is 1. The average molecular weight is 307 g/mol. The van der Waals surface area contributed by atoms with Crippen LogP contribution in [-0.2, 0) is 7.05 Å². The molecular weight excluding hydrogens is 286 g/mol. The van der Waals surface area contributed by atoms with E-state index < -0.39 is 0 Å². The van der Waals surface area contributed by atoms with E-state index in [2.05, 4.69) is 29.4 Å². The van der Waals surface area contributed by atoms with Gasteiger partial charge < -0.3 is 9.88 Å². The molecule has 0 saturated carbocycles. The van der Waals surface area contributed by atoms with Gasteiger partial charge in [-0.2, -0.15) is 0 Å². The van der Waals surface area contributed by atoms with Gasteiger partial charge in [-0.1, -0.05) is 42.5 Å². The largest absolute Gasteiger partial charge is 0.308 e. The van der Waals surface area contributed by atoms with Crippen LogP contribution in [0.5, 0.6) is 0 Å². The van der Waals surface area contributed by atoms with Crippen molar-refractivity contribution in [1.82, 2.24) is 14.9 Å². The standard InChI is InChI=1S/C19H21N3O/c1-13(15-9-5-4-6-10-15)20-14(2)18-19(23)22(3)17-12-8-7-11-16(17)21-18/h4-14,20H,1-3H3/t13-,14+/m0/s1. The van der Waals surface area contributed by atoms with Crippen molar-refractivity contribution < 1.29 is 0 Å². The number of hydrogen-bond acceptors (Lipinski definition) is 3. The van der Waals surface area contributed by atoms with Crippen molar-refractivity contribution in [1.29, 1.82) is 0 Å². The van der Waals surface area contributed by atoms with Gasteiger partial charge in [0.1, 0.15) is 5.69 Å². The molecular formula is C19H21N3O. The van der Waals surface area contributed by atoms with E-state index in [0.717, 1.165) is 11.0 Å². The van der Waals surface area contributed by atoms with Crippen LogP contribution in [0.2, 0.25) is 0 Å². The first kappa shape index (κ1) is 15.4. The van der Waals surface area contributed by atoms with Gasteiger partial charge in [-0.25, -0.2) is 4.98 Å². The van der Waals surface area contributed by atoms with Gasteiger partial charge in [0.15, 0.2) is 0 Å². The number of aryl methyl sites for hydroxylation is 1. The molecule has 0 spiro atoms. The lowest BCUT2D eigenvalue weighted by Gasteiger charge is -2.20. The highest BCUT2D eigenvalue weighted by molar-refractivity contribution is 5.74. The summed E-state index contributed by atoms with van der Waals surface area (Å²) >= 11 is 0. The van der Waals surface area contributed by atoms with Crippen LogP contribution < -0.4 is 10.9 Å². The second kappa shape index (κ2) is 6.34. The zero-order valence-corrected chi connectivity index (χ0v) is 13.7. The summed E-state index contributed by atoms with van der Waals surface area (Å²) in [5.74, 6) is 0. The first-order chi connectivity index (χ1) is 11.1. The number of fused-ring (bicyclic) bond motifs is 1. The number of hydrogen-bond donors (Lipinski definition) is 1. The molecule has 0 aliphatic heterocycles. The van der Waals surface area contributed by atoms with Gasteiger partial charge in [-0.3, -0.25) is 4.79 Å². The maximum absolute atomic E-state index is 12.6. The SMILES string of the molecule is C[C@H](N[C@H](C)c1nc2ccccc2n(C)c1=O)c1ccccc1. The van der Waals surface area contributed by atoms with Crippen molar-refractivity contribution in [2.24, 2.45) is 7.05 Å². The third-order valence-electron chi connectivity index (χ3n) is 4.22. The molecule has 1 N–H and O–H groups in total. The number of para-hydroxylation sites is 2. The van der Waals surface area contributed by atoms with Crippen LogP contribution in [0, 0.1) is 0 Å². The van der Waals surface area contributed by atoms with E-state index in [1.165, 1.54) is 5.56 Å². The molecule has 0 radical (unpaired) electrons. The summed E-state index contributed by atoms with van der Waals surface area (Å²) in [4.78, 5) is 17.2. The fourth-order valence-corrected chi connectivity index (χ4v) is 2.88. The maximum Gasteiger partial charge on any atom is 0.274 e. The summed E-state index contributed by atoms with van der Waals surface area (Å²) in [6.45, 7) is 4.08. The van der Waals surface area contributed by atoms with E-state index in [-0.39, 0.29) is 17.6 Å². The van der Waals surface area contributed by atoms with Gasteiger partial charge in [-0.05, 0) is 31.5 Å². The first-order valence-electron chi connectivity index (χ1n) is 7.84. The van der Waals surface area contributed by atoms with Crippen molar-refractivity contribution in [2.45, 2.75) is 25.9 Å². The Kier molecular flexibility index (Phi) is 4.26. The lowest BCUT2D eigenvalue weighted by atomic mass is 10.1. The molecule has 4 heteroatoms. The summed E-state index contributed by atoms with van der Waals surface area (Å²) in [5.41, 5.74) is 3.38. The highest BCUT2D eigenvalue weighted by Gasteiger charge is 2.17. The van der Waals surface area contributed by atoms with Crippen molar-refractivity contribution in [2.75, 3.05) is 0 Å². The molecule has 4 nitrogen and oxygen atoms in total. The van der Waals surface area contributed by atoms with Crippen LogP contribution in [-0.4, -0.2) is 9.55 Å². The monoisotopic (exact) mass is 307 g/mol. The second-order valence-corrected chi connectivity index (χ2v) is 5.87. The molecule has 2 aromatic carbocycles. The molecule has 118 valence electrons. The Morgan fingerprint density at radius 3 is 2.35 bits per heavy atom. The minimum Gasteiger partial charge on any atom is -0.308 e. The zero-order valence-electron chi connectivity index (χ0n) is 13.7. The molecule has 0 aliphatic rings. The molecule has 3 rings (SSSR count). The Balaban J connectivity index is 1.93. The van der Waals surface area contributed by atoms with Crippen molar-refractivity contribution in [3.05, 3.63) is 76.2 Å². The summed E-state index contributed by atoms with van der Waals surface area (Å²) in [5, 5.41) is 3.47. The van der Waals surface area contributed by atoms with E-state index in [1.807, 2.05) is 49.4 Å². The molecule has 1 aromatic heterocycles. The molecule has 0 bridgehead atoms. The highest BCUT2D eigenvalue weighted by Crippen LogP contribution is 2.18. The van der Waals surface area contributed by atoms with Gasteiger partial charge in [-0.15, -0.1) is 0 Å². The van der Waals surface area contributed by atoms with Crippen LogP contribution in [0.3, 0.4) is 0 Å². The Morgan fingerprint density at radius 2 is 1.61 bits per heavy atom. The Labute approximate surface area is 135 Å². The lowest BCUT2D eigenvalue weighted by Crippen LogP contribution is -2.31. The summed E-state index contributed by atoms with van der Waals surface area (Å²) < 4.78 is 1.67. The highest BCUT2D eigenvalue weighted by atomic mass is 16.1. The van der Waals surface area contributed by atoms with Gasteiger partial charge >= 0.3 is 0 Å². The second-order valence-electron chi connectivity index (χ2n) is 5.87. The number of nitrogens with zero attached hydrogens (tertiary/aromatic N) is 2. The quantitative estimate of drug-likeness (QED) is 0.804. The molecule has 0 aliphatic carbocycles. The minimum atomic E-state index is -0.131. The summed E-state index contributed by atoms with van der Waals surface area (Å²) in [7, 11) is 1.79. The smallest absolute Gasteiger partial charge is 0.274 e. The number of rotatable bonds is 4. The van der Waals surface area contributed by atoms with Crippen molar-refractivity contribution in [3.8, 4) is 0 Å². The predicted octanol–water partition coefficient (Wildman–Crippen LogP) is 3.35. The van der Waals surface area contributed by atoms with E-state index in [0.29, 0.717) is 5.69 Å². The number of aromatic nitrogens is 2. The van der Waals surface area contributed by atoms with E-state index in [4.69, 9.17) is 0 Å². The third kappa shape index (κ3) is 3.03.